The van der Waals surface area contributed by atoms with Crippen molar-refractivity contribution in [1.82, 2.24) is 5.32 Å². The molecule has 0 fully saturated rings. The molecule has 1 unspecified atom stereocenters. The normalized spacial score (nSPS) is 13.0. The highest BCUT2D eigenvalue weighted by molar-refractivity contribution is 5.79. The van der Waals surface area contributed by atoms with Crippen molar-refractivity contribution >= 4 is 12.1 Å². The van der Waals surface area contributed by atoms with E-state index in [1.165, 1.54) is 0 Å². The fourth-order valence-electron chi connectivity index (χ4n) is 3.97. The summed E-state index contributed by atoms with van der Waals surface area (Å²) in [5.41, 5.74) is 5.39. The van der Waals surface area contributed by atoms with Crippen molar-refractivity contribution in [3.05, 3.63) is 95.6 Å². The second-order valence-electron chi connectivity index (χ2n) is 7.70. The van der Waals surface area contributed by atoms with Crippen LogP contribution in [0.5, 0.6) is 0 Å². The first-order chi connectivity index (χ1) is 15.7. The summed E-state index contributed by atoms with van der Waals surface area (Å²) >= 11 is 0. The zero-order valence-electron chi connectivity index (χ0n) is 17.6. The van der Waals surface area contributed by atoms with E-state index in [-0.39, 0.29) is 25.6 Å². The molecular formula is C26H25NO5. The Morgan fingerprint density at radius 3 is 2.06 bits per heavy atom. The standard InChI is InChI=1S/C26H25NO5/c28-15-19(14-25(29)31-16-18-8-2-1-3-9-18)27-26(30)32-17-24-22-12-6-4-10-20(22)21-11-5-7-13-23(21)24/h1-13,19,24,28H,14-17H2,(H,27,30). The van der Waals surface area contributed by atoms with E-state index in [4.69, 9.17) is 9.47 Å². The van der Waals surface area contributed by atoms with Gasteiger partial charge in [-0.25, -0.2) is 4.79 Å². The number of nitrogens with one attached hydrogen (secondary N) is 1. The number of rotatable bonds is 8. The van der Waals surface area contributed by atoms with Crippen LogP contribution in [0.15, 0.2) is 78.9 Å². The lowest BCUT2D eigenvalue weighted by molar-refractivity contribution is -0.145. The zero-order valence-corrected chi connectivity index (χ0v) is 17.6. The lowest BCUT2D eigenvalue weighted by Crippen LogP contribution is -2.40. The number of fused-ring (bicyclic) bond motifs is 3. The predicted octanol–water partition coefficient (Wildman–Crippen LogP) is 4.02. The molecule has 0 saturated carbocycles. The molecule has 0 heterocycles. The Morgan fingerprint density at radius 2 is 1.44 bits per heavy atom. The number of esters is 1. The second-order valence-corrected chi connectivity index (χ2v) is 7.70. The maximum Gasteiger partial charge on any atom is 0.407 e. The molecule has 1 amide bonds. The van der Waals surface area contributed by atoms with Crippen LogP contribution in [0, 0.1) is 0 Å². The molecule has 6 heteroatoms. The minimum atomic E-state index is -0.783. The van der Waals surface area contributed by atoms with E-state index in [2.05, 4.69) is 17.4 Å². The van der Waals surface area contributed by atoms with Gasteiger partial charge in [0.2, 0.25) is 0 Å². The molecule has 6 nitrogen and oxygen atoms in total. The van der Waals surface area contributed by atoms with Gasteiger partial charge in [-0.05, 0) is 27.8 Å². The minimum Gasteiger partial charge on any atom is -0.461 e. The number of ether oxygens (including phenoxy) is 2. The summed E-state index contributed by atoms with van der Waals surface area (Å²) in [6.45, 7) is -0.0934. The van der Waals surface area contributed by atoms with Crippen LogP contribution >= 0.6 is 0 Å². The van der Waals surface area contributed by atoms with Crippen LogP contribution < -0.4 is 5.32 Å². The molecule has 3 aromatic carbocycles. The molecule has 1 aliphatic rings. The summed E-state index contributed by atoms with van der Waals surface area (Å²) in [6, 6.07) is 24.7. The van der Waals surface area contributed by atoms with Crippen LogP contribution in [0.2, 0.25) is 0 Å². The Balaban J connectivity index is 1.30. The average molecular weight is 431 g/mol. The molecule has 0 aromatic heterocycles. The Kier molecular flexibility index (Phi) is 6.82. The van der Waals surface area contributed by atoms with Crippen molar-refractivity contribution in [3.63, 3.8) is 0 Å². The van der Waals surface area contributed by atoms with E-state index in [0.717, 1.165) is 27.8 Å². The van der Waals surface area contributed by atoms with Crippen LogP contribution in [0.4, 0.5) is 4.79 Å². The number of carbonyl (C=O) groups is 2. The van der Waals surface area contributed by atoms with Crippen molar-refractivity contribution in [2.75, 3.05) is 13.2 Å². The summed E-state index contributed by atoms with van der Waals surface area (Å²) in [7, 11) is 0. The molecule has 0 radical (unpaired) electrons. The smallest absolute Gasteiger partial charge is 0.407 e. The quantitative estimate of drug-likeness (QED) is 0.526. The van der Waals surface area contributed by atoms with Crippen molar-refractivity contribution in [2.45, 2.75) is 25.0 Å². The van der Waals surface area contributed by atoms with Gasteiger partial charge >= 0.3 is 12.1 Å². The van der Waals surface area contributed by atoms with E-state index in [0.29, 0.717) is 0 Å². The second kappa shape index (κ2) is 10.1. The van der Waals surface area contributed by atoms with Gasteiger partial charge in [-0.15, -0.1) is 0 Å². The van der Waals surface area contributed by atoms with Gasteiger partial charge in [0.25, 0.3) is 0 Å². The van der Waals surface area contributed by atoms with E-state index < -0.39 is 24.7 Å². The number of benzene rings is 3. The molecule has 0 aliphatic heterocycles. The van der Waals surface area contributed by atoms with E-state index in [9.17, 15) is 14.7 Å². The Bertz CT molecular complexity index is 1040. The number of hydrogen-bond donors (Lipinski definition) is 2. The van der Waals surface area contributed by atoms with E-state index in [1.807, 2.05) is 66.7 Å². The van der Waals surface area contributed by atoms with Gasteiger partial charge < -0.3 is 19.9 Å². The third-order valence-electron chi connectivity index (χ3n) is 5.54. The maximum absolute atomic E-state index is 12.4. The lowest BCUT2D eigenvalue weighted by Gasteiger charge is -2.18. The molecule has 1 aliphatic carbocycles. The monoisotopic (exact) mass is 431 g/mol. The van der Waals surface area contributed by atoms with Crippen LogP contribution in [0.3, 0.4) is 0 Å². The fraction of sp³-hybridized carbons (Fsp3) is 0.231. The van der Waals surface area contributed by atoms with Gasteiger partial charge in [0.15, 0.2) is 0 Å². The van der Waals surface area contributed by atoms with Gasteiger partial charge in [0.05, 0.1) is 19.1 Å². The number of amides is 1. The largest absolute Gasteiger partial charge is 0.461 e. The Morgan fingerprint density at radius 1 is 0.844 bits per heavy atom. The Labute approximate surface area is 186 Å². The third-order valence-corrected chi connectivity index (χ3v) is 5.54. The van der Waals surface area contributed by atoms with Crippen molar-refractivity contribution in [3.8, 4) is 11.1 Å². The first-order valence-electron chi connectivity index (χ1n) is 10.6. The summed E-state index contributed by atoms with van der Waals surface area (Å²) in [5, 5.41) is 12.1. The van der Waals surface area contributed by atoms with Crippen LogP contribution in [-0.2, 0) is 20.9 Å². The van der Waals surface area contributed by atoms with E-state index in [1.54, 1.807) is 0 Å². The predicted molar refractivity (Wildman–Crippen MR) is 120 cm³/mol. The summed E-state index contributed by atoms with van der Waals surface area (Å²) in [6.07, 6.45) is -0.824. The summed E-state index contributed by atoms with van der Waals surface area (Å²) < 4.78 is 10.7. The molecule has 0 bridgehead atoms. The van der Waals surface area contributed by atoms with E-state index >= 15 is 0 Å². The summed E-state index contributed by atoms with van der Waals surface area (Å²) in [4.78, 5) is 24.4. The van der Waals surface area contributed by atoms with Crippen LogP contribution in [0.25, 0.3) is 11.1 Å². The lowest BCUT2D eigenvalue weighted by atomic mass is 9.98. The average Bonchev–Trinajstić information content (AvgIpc) is 3.15. The van der Waals surface area contributed by atoms with Crippen molar-refractivity contribution in [2.24, 2.45) is 0 Å². The molecule has 32 heavy (non-hydrogen) atoms. The van der Waals surface area contributed by atoms with Gasteiger partial charge in [0, 0.05) is 5.92 Å². The van der Waals surface area contributed by atoms with Crippen molar-refractivity contribution < 1.29 is 24.2 Å². The molecule has 0 saturated heterocycles. The molecule has 164 valence electrons. The number of hydrogen-bond acceptors (Lipinski definition) is 5. The molecule has 3 aromatic rings. The number of aliphatic hydroxyl groups is 1. The first-order valence-corrected chi connectivity index (χ1v) is 10.6. The molecule has 1 atom stereocenters. The van der Waals surface area contributed by atoms with Gasteiger partial charge in [-0.1, -0.05) is 78.9 Å². The molecule has 0 spiro atoms. The van der Waals surface area contributed by atoms with Crippen LogP contribution in [-0.4, -0.2) is 36.4 Å². The molecule has 4 rings (SSSR count). The minimum absolute atomic E-state index is 0.0587. The molecule has 2 N–H and O–H groups in total. The highest BCUT2D eigenvalue weighted by Crippen LogP contribution is 2.44. The molecular weight excluding hydrogens is 406 g/mol. The zero-order chi connectivity index (χ0) is 22.3. The first kappa shape index (κ1) is 21.6. The van der Waals surface area contributed by atoms with Gasteiger partial charge in [0.1, 0.15) is 13.2 Å². The number of alkyl carbamates (subject to hydrolysis) is 1. The third kappa shape index (κ3) is 4.98. The highest BCUT2D eigenvalue weighted by Gasteiger charge is 2.29. The number of carbonyl (C=O) groups excluding carboxylic acids is 2. The number of aliphatic hydroxyl groups excluding tert-OH is 1. The van der Waals surface area contributed by atoms with Gasteiger partial charge in [-0.3, -0.25) is 4.79 Å². The van der Waals surface area contributed by atoms with Crippen LogP contribution in [0.1, 0.15) is 29.0 Å². The highest BCUT2D eigenvalue weighted by atomic mass is 16.5. The van der Waals surface area contributed by atoms with Gasteiger partial charge in [-0.2, -0.15) is 0 Å². The van der Waals surface area contributed by atoms with Crippen molar-refractivity contribution in [1.29, 1.82) is 0 Å². The Hall–Kier alpha value is -3.64. The topological polar surface area (TPSA) is 84.9 Å². The summed E-state index contributed by atoms with van der Waals surface area (Å²) in [5.74, 6) is -0.566. The fourth-order valence-corrected chi connectivity index (χ4v) is 3.97. The SMILES string of the molecule is O=C(CC(CO)NC(=O)OCC1c2ccccc2-c2ccccc21)OCc1ccccc1. The maximum atomic E-state index is 12.4.